The van der Waals surface area contributed by atoms with Crippen molar-refractivity contribution in [2.24, 2.45) is 0 Å². The molecule has 0 aliphatic heterocycles. The summed E-state index contributed by atoms with van der Waals surface area (Å²) in [5.74, 6) is -2.50. The molecule has 1 amide bonds. The lowest BCUT2D eigenvalue weighted by Gasteiger charge is -2.23. The molecule has 0 saturated heterocycles. The summed E-state index contributed by atoms with van der Waals surface area (Å²) in [6.07, 6.45) is 0.727. The summed E-state index contributed by atoms with van der Waals surface area (Å²) in [5, 5.41) is 3.57. The van der Waals surface area contributed by atoms with Crippen molar-refractivity contribution in [3.05, 3.63) is 70.4 Å². The van der Waals surface area contributed by atoms with Crippen LogP contribution in [0.1, 0.15) is 67.7 Å². The average Bonchev–Trinajstić information content (AvgIpc) is 2.71. The van der Waals surface area contributed by atoms with Crippen LogP contribution in [0.15, 0.2) is 36.5 Å². The number of aryl methyl sites for hydroxylation is 1. The molecule has 0 aliphatic rings. The fourth-order valence-corrected chi connectivity index (χ4v) is 3.81. The number of benzene rings is 2. The van der Waals surface area contributed by atoms with Crippen LogP contribution in [0.3, 0.4) is 0 Å². The van der Waals surface area contributed by atoms with Crippen molar-refractivity contribution in [1.82, 2.24) is 10.3 Å². The Morgan fingerprint density at radius 3 is 2.50 bits per heavy atom. The molecule has 1 atom stereocenters. The Kier molecular flexibility index (Phi) is 7.19. The molecule has 34 heavy (non-hydrogen) atoms. The van der Waals surface area contributed by atoms with Gasteiger partial charge in [-0.1, -0.05) is 12.1 Å². The molecule has 3 rings (SSSR count). The van der Waals surface area contributed by atoms with E-state index in [1.165, 1.54) is 19.2 Å². The van der Waals surface area contributed by atoms with Gasteiger partial charge in [0.2, 0.25) is 5.88 Å². The van der Waals surface area contributed by atoms with Crippen LogP contribution in [-0.4, -0.2) is 29.1 Å². The Balaban J connectivity index is 2.07. The van der Waals surface area contributed by atoms with Gasteiger partial charge in [0.1, 0.15) is 17.2 Å². The smallest absolute Gasteiger partial charge is 0.408 e. The number of fused-ring (bicyclic) bond motifs is 1. The quantitative estimate of drug-likeness (QED) is 0.445. The first-order valence-corrected chi connectivity index (χ1v) is 11.0. The fourth-order valence-electron chi connectivity index (χ4n) is 3.81. The van der Waals surface area contributed by atoms with Gasteiger partial charge in [0.25, 0.3) is 0 Å². The van der Waals surface area contributed by atoms with Crippen molar-refractivity contribution in [3.63, 3.8) is 0 Å². The number of hydrogen-bond donors (Lipinski definition) is 1. The second-order valence-corrected chi connectivity index (χ2v) is 8.92. The lowest BCUT2D eigenvalue weighted by Crippen LogP contribution is -2.34. The van der Waals surface area contributed by atoms with Crippen LogP contribution in [0.2, 0.25) is 0 Å². The number of carbonyl (C=O) groups is 2. The molecule has 1 heterocycles. The van der Waals surface area contributed by atoms with Gasteiger partial charge < -0.3 is 14.8 Å². The number of hydrogen-bond acceptors (Lipinski definition) is 5. The molecule has 1 aromatic heterocycles. The molecule has 0 aliphatic carbocycles. The van der Waals surface area contributed by atoms with Crippen molar-refractivity contribution in [2.45, 2.75) is 53.2 Å². The van der Waals surface area contributed by atoms with Crippen molar-refractivity contribution >= 4 is 22.6 Å². The highest BCUT2D eigenvalue weighted by Gasteiger charge is 2.28. The maximum atomic E-state index is 15.7. The predicted octanol–water partition coefficient (Wildman–Crippen LogP) is 6.04. The maximum Gasteiger partial charge on any atom is 0.408 e. The third kappa shape index (κ3) is 5.16. The van der Waals surface area contributed by atoms with Crippen LogP contribution in [0.5, 0.6) is 5.88 Å². The molecule has 2 aromatic carbocycles. The fraction of sp³-hybridized carbons (Fsp3) is 0.346. The molecule has 1 N–H and O–H groups in total. The van der Waals surface area contributed by atoms with Crippen LogP contribution in [0, 0.1) is 18.6 Å². The summed E-state index contributed by atoms with van der Waals surface area (Å²) in [5.41, 5.74) is -1.06. The van der Waals surface area contributed by atoms with E-state index in [0.29, 0.717) is 23.3 Å². The van der Waals surface area contributed by atoms with Gasteiger partial charge in [0, 0.05) is 22.7 Å². The molecule has 3 aromatic rings. The summed E-state index contributed by atoms with van der Waals surface area (Å²) in [4.78, 5) is 29.8. The molecule has 0 saturated carbocycles. The lowest BCUT2D eigenvalue weighted by molar-refractivity contribution is 0.0507. The maximum absolute atomic E-state index is 15.7. The molecule has 0 bridgehead atoms. The third-order valence-corrected chi connectivity index (χ3v) is 5.15. The largest absolute Gasteiger partial charge is 0.478 e. The van der Waals surface area contributed by atoms with E-state index in [0.717, 1.165) is 6.07 Å². The van der Waals surface area contributed by atoms with Gasteiger partial charge >= 0.3 is 6.09 Å². The third-order valence-electron chi connectivity index (χ3n) is 5.15. The summed E-state index contributed by atoms with van der Waals surface area (Å²) in [6, 6.07) is 6.66. The minimum Gasteiger partial charge on any atom is -0.478 e. The molecule has 0 radical (unpaired) electrons. The number of ketones is 1. The first-order valence-electron chi connectivity index (χ1n) is 11.0. The Morgan fingerprint density at radius 2 is 1.85 bits per heavy atom. The number of pyridine rings is 1. The Labute approximate surface area is 197 Å². The Bertz CT molecular complexity index is 1250. The summed E-state index contributed by atoms with van der Waals surface area (Å²) in [7, 11) is 0. The van der Waals surface area contributed by atoms with E-state index in [4.69, 9.17) is 9.47 Å². The molecular formula is C26H28F2N2O4. The average molecular weight is 471 g/mol. The monoisotopic (exact) mass is 470 g/mol. The highest BCUT2D eigenvalue weighted by atomic mass is 19.1. The van der Waals surface area contributed by atoms with E-state index in [1.54, 1.807) is 52.8 Å². The van der Waals surface area contributed by atoms with Gasteiger partial charge in [-0.3, -0.25) is 4.79 Å². The van der Waals surface area contributed by atoms with E-state index < -0.39 is 40.7 Å². The molecular weight excluding hydrogens is 442 g/mol. The SMILES string of the molecule is CCOc1nccc2c(C(=O)c3c(F)cc(C)c(C(C)NC(=O)OC(C)(C)C)c3F)cccc12. The number of ether oxygens (including phenoxy) is 2. The van der Waals surface area contributed by atoms with Crippen molar-refractivity contribution in [1.29, 1.82) is 0 Å². The summed E-state index contributed by atoms with van der Waals surface area (Å²) < 4.78 is 41.4. The van der Waals surface area contributed by atoms with E-state index in [1.807, 2.05) is 0 Å². The zero-order chi connectivity index (χ0) is 25.2. The van der Waals surface area contributed by atoms with Crippen molar-refractivity contribution in [3.8, 4) is 5.88 Å². The van der Waals surface area contributed by atoms with Gasteiger partial charge in [-0.15, -0.1) is 0 Å². The Morgan fingerprint density at radius 1 is 1.15 bits per heavy atom. The number of carbonyl (C=O) groups excluding carboxylic acids is 2. The molecule has 0 fully saturated rings. The molecule has 0 spiro atoms. The number of rotatable bonds is 6. The lowest BCUT2D eigenvalue weighted by atomic mass is 9.92. The normalized spacial score (nSPS) is 12.4. The highest BCUT2D eigenvalue weighted by molar-refractivity contribution is 6.17. The van der Waals surface area contributed by atoms with Crippen LogP contribution >= 0.6 is 0 Å². The summed E-state index contributed by atoms with van der Waals surface area (Å²) >= 11 is 0. The second kappa shape index (κ2) is 9.75. The van der Waals surface area contributed by atoms with Crippen LogP contribution in [0.25, 0.3) is 10.8 Å². The highest BCUT2D eigenvalue weighted by Crippen LogP contribution is 2.32. The zero-order valence-electron chi connectivity index (χ0n) is 20.1. The predicted molar refractivity (Wildman–Crippen MR) is 125 cm³/mol. The topological polar surface area (TPSA) is 77.5 Å². The summed E-state index contributed by atoms with van der Waals surface area (Å²) in [6.45, 7) is 10.3. The molecule has 180 valence electrons. The minimum absolute atomic E-state index is 0.00696. The first kappa shape index (κ1) is 25.1. The number of amides is 1. The minimum atomic E-state index is -1.03. The van der Waals surface area contributed by atoms with Gasteiger partial charge in [-0.25, -0.2) is 18.6 Å². The van der Waals surface area contributed by atoms with Gasteiger partial charge in [-0.05, 0) is 70.7 Å². The van der Waals surface area contributed by atoms with Crippen LogP contribution < -0.4 is 10.1 Å². The van der Waals surface area contributed by atoms with E-state index in [2.05, 4.69) is 10.3 Å². The number of nitrogens with zero attached hydrogens (tertiary/aromatic N) is 1. The number of halogens is 2. The van der Waals surface area contributed by atoms with E-state index in [9.17, 15) is 14.0 Å². The number of aromatic nitrogens is 1. The zero-order valence-corrected chi connectivity index (χ0v) is 20.1. The standard InChI is InChI=1S/C26H28F2N2O4/c1-7-33-24-18-10-8-9-17(16(18)11-12-29-24)23(31)21-19(27)13-14(2)20(22(21)28)15(3)30-25(32)34-26(4,5)6/h8-13,15H,7H2,1-6H3,(H,30,32). The van der Waals surface area contributed by atoms with Crippen molar-refractivity contribution in [2.75, 3.05) is 6.61 Å². The molecule has 1 unspecified atom stereocenters. The van der Waals surface area contributed by atoms with Crippen LogP contribution in [-0.2, 0) is 4.74 Å². The molecule has 8 heteroatoms. The van der Waals surface area contributed by atoms with Gasteiger partial charge in [0.05, 0.1) is 18.2 Å². The molecule has 6 nitrogen and oxygen atoms in total. The number of nitrogens with one attached hydrogen (secondary N) is 1. The van der Waals surface area contributed by atoms with Crippen LogP contribution in [0.4, 0.5) is 13.6 Å². The second-order valence-electron chi connectivity index (χ2n) is 8.92. The Hall–Kier alpha value is -3.55. The van der Waals surface area contributed by atoms with E-state index in [-0.39, 0.29) is 16.7 Å². The van der Waals surface area contributed by atoms with Gasteiger partial charge in [0.15, 0.2) is 5.78 Å². The van der Waals surface area contributed by atoms with Crippen molar-refractivity contribution < 1.29 is 27.8 Å². The van der Waals surface area contributed by atoms with Gasteiger partial charge in [-0.2, -0.15) is 0 Å². The van der Waals surface area contributed by atoms with E-state index >= 15 is 4.39 Å². The number of alkyl carbamates (subject to hydrolysis) is 1. The first-order chi connectivity index (χ1) is 15.9.